The van der Waals surface area contributed by atoms with E-state index in [0.717, 1.165) is 10.5 Å². The van der Waals surface area contributed by atoms with Crippen molar-refractivity contribution in [2.45, 2.75) is 39.1 Å². The Bertz CT molecular complexity index is 515. The van der Waals surface area contributed by atoms with Gasteiger partial charge in [-0.2, -0.15) is 0 Å². The van der Waals surface area contributed by atoms with Crippen LogP contribution in [0.25, 0.3) is 0 Å². The van der Waals surface area contributed by atoms with Crippen molar-refractivity contribution in [3.05, 3.63) is 29.8 Å². The second-order valence-electron chi connectivity index (χ2n) is 5.92. The van der Waals surface area contributed by atoms with E-state index in [0.29, 0.717) is 12.3 Å². The Hall–Kier alpha value is -0.940. The number of amides is 1. The minimum atomic E-state index is 0.00264. The molecule has 0 bridgehead atoms. The van der Waals surface area contributed by atoms with Crippen LogP contribution < -0.4 is 0 Å². The van der Waals surface area contributed by atoms with E-state index in [-0.39, 0.29) is 23.5 Å². The second-order valence-corrected chi connectivity index (χ2v) is 8.26. The third-order valence-corrected chi connectivity index (χ3v) is 5.59. The van der Waals surface area contributed by atoms with Crippen molar-refractivity contribution in [2.75, 3.05) is 12.8 Å². The van der Waals surface area contributed by atoms with E-state index < -0.39 is 0 Å². The van der Waals surface area contributed by atoms with Gasteiger partial charge >= 0.3 is 0 Å². The van der Waals surface area contributed by atoms with Crippen molar-refractivity contribution in [1.29, 1.82) is 0 Å². The lowest BCUT2D eigenvalue weighted by molar-refractivity contribution is -0.133. The van der Waals surface area contributed by atoms with Crippen LogP contribution in [0.3, 0.4) is 0 Å². The van der Waals surface area contributed by atoms with Gasteiger partial charge in [-0.1, -0.05) is 67.5 Å². The molecule has 0 aliphatic carbocycles. The van der Waals surface area contributed by atoms with E-state index >= 15 is 0 Å². The molecule has 0 fully saturated rings. The number of hydrogen-bond acceptors (Lipinski definition) is 4. The molecular weight excluding hydrogens is 314 g/mol. The maximum absolute atomic E-state index is 12.0. The van der Waals surface area contributed by atoms with Crippen LogP contribution >= 0.6 is 21.6 Å². The third-order valence-electron chi connectivity index (χ3n) is 3.24. The molecule has 0 atom stereocenters. The summed E-state index contributed by atoms with van der Waals surface area (Å²) >= 11 is 0. The Labute approximate surface area is 141 Å². The normalized spacial score (nSPS) is 11.0. The Morgan fingerprint density at radius 2 is 1.73 bits per heavy atom. The summed E-state index contributed by atoms with van der Waals surface area (Å²) in [6.07, 6.45) is 0. The van der Waals surface area contributed by atoms with Gasteiger partial charge < -0.3 is 4.90 Å². The van der Waals surface area contributed by atoms with Crippen molar-refractivity contribution >= 4 is 33.3 Å². The molecule has 0 unspecified atom stereocenters. The number of carbonyl (C=O) groups excluding carboxylic acids is 2. The van der Waals surface area contributed by atoms with Crippen molar-refractivity contribution in [2.24, 2.45) is 11.8 Å². The van der Waals surface area contributed by atoms with Crippen LogP contribution in [-0.2, 0) is 16.1 Å². The Morgan fingerprint density at radius 3 is 2.32 bits per heavy atom. The van der Waals surface area contributed by atoms with Crippen LogP contribution in [0.5, 0.6) is 0 Å². The van der Waals surface area contributed by atoms with Gasteiger partial charge in [0.15, 0.2) is 0 Å². The smallest absolute Gasteiger partial charge is 0.225 e. The molecule has 0 saturated heterocycles. The average molecular weight is 340 g/mol. The Morgan fingerprint density at radius 1 is 1.09 bits per heavy atom. The molecule has 0 aromatic heterocycles. The number of nitrogens with zero attached hydrogens (tertiary/aromatic N) is 1. The van der Waals surface area contributed by atoms with Gasteiger partial charge in [0.1, 0.15) is 5.78 Å². The molecule has 0 aliphatic rings. The van der Waals surface area contributed by atoms with Crippen LogP contribution in [0.4, 0.5) is 0 Å². The van der Waals surface area contributed by atoms with E-state index in [9.17, 15) is 9.59 Å². The average Bonchev–Trinajstić information content (AvgIpc) is 2.47. The molecule has 0 heterocycles. The van der Waals surface area contributed by atoms with Gasteiger partial charge in [-0.3, -0.25) is 9.59 Å². The van der Waals surface area contributed by atoms with Gasteiger partial charge in [0.05, 0.1) is 5.75 Å². The quantitative estimate of drug-likeness (QED) is 0.663. The van der Waals surface area contributed by atoms with Crippen LogP contribution in [-0.4, -0.2) is 29.4 Å². The summed E-state index contributed by atoms with van der Waals surface area (Å²) in [6, 6.07) is 8.05. The topological polar surface area (TPSA) is 37.4 Å². The second kappa shape index (κ2) is 9.26. The highest BCUT2D eigenvalue weighted by atomic mass is 33.1. The molecule has 1 amide bonds. The van der Waals surface area contributed by atoms with Gasteiger partial charge in [-0.25, -0.2) is 0 Å². The van der Waals surface area contributed by atoms with Gasteiger partial charge in [0.25, 0.3) is 0 Å². The molecule has 0 spiro atoms. The summed E-state index contributed by atoms with van der Waals surface area (Å²) in [5.74, 6) is 1.00. The first kappa shape index (κ1) is 19.1. The van der Waals surface area contributed by atoms with Gasteiger partial charge in [0.2, 0.25) is 5.91 Å². The van der Waals surface area contributed by atoms with Gasteiger partial charge in [0, 0.05) is 30.3 Å². The fourth-order valence-electron chi connectivity index (χ4n) is 1.81. The van der Waals surface area contributed by atoms with E-state index in [1.165, 1.54) is 0 Å². The molecule has 22 heavy (non-hydrogen) atoms. The lowest BCUT2D eigenvalue weighted by atomic mass is 10.1. The molecule has 0 saturated carbocycles. The lowest BCUT2D eigenvalue weighted by Crippen LogP contribution is -2.30. The molecule has 1 aromatic rings. The largest absolute Gasteiger partial charge is 0.341 e. The molecule has 3 nitrogen and oxygen atoms in total. The fraction of sp³-hybridized carbons (Fsp3) is 0.529. The van der Waals surface area contributed by atoms with Gasteiger partial charge in [-0.15, -0.1) is 0 Å². The maximum atomic E-state index is 12.0. The van der Waals surface area contributed by atoms with Crippen LogP contribution in [0.2, 0.25) is 0 Å². The molecule has 0 aliphatic heterocycles. The number of carbonyl (C=O) groups is 2. The Kier molecular flexibility index (Phi) is 8.04. The molecular formula is C17H25NO2S2. The summed E-state index contributed by atoms with van der Waals surface area (Å²) < 4.78 is 0. The predicted octanol–water partition coefficient (Wildman–Crippen LogP) is 4.27. The zero-order valence-electron chi connectivity index (χ0n) is 14.0. The molecule has 1 rings (SSSR count). The van der Waals surface area contributed by atoms with E-state index in [4.69, 9.17) is 0 Å². The highest BCUT2D eigenvalue weighted by Gasteiger charge is 2.15. The highest BCUT2D eigenvalue weighted by Crippen LogP contribution is 2.34. The third kappa shape index (κ3) is 6.05. The molecule has 0 radical (unpaired) electrons. The minimum Gasteiger partial charge on any atom is -0.341 e. The first-order valence-electron chi connectivity index (χ1n) is 7.48. The number of benzene rings is 1. The predicted molar refractivity (Wildman–Crippen MR) is 95.9 cm³/mol. The van der Waals surface area contributed by atoms with Crippen molar-refractivity contribution in [3.8, 4) is 0 Å². The zero-order chi connectivity index (χ0) is 16.7. The Balaban J connectivity index is 2.66. The number of Topliss-reactive ketones (excluding diaryl/α,β-unsaturated/α-hetero) is 1. The van der Waals surface area contributed by atoms with Crippen molar-refractivity contribution in [1.82, 2.24) is 4.90 Å². The number of hydrogen-bond donors (Lipinski definition) is 0. The molecule has 5 heteroatoms. The van der Waals surface area contributed by atoms with E-state index in [1.807, 2.05) is 59.0 Å². The molecule has 122 valence electrons. The van der Waals surface area contributed by atoms with Crippen LogP contribution in [0.1, 0.15) is 33.3 Å². The monoisotopic (exact) mass is 339 g/mol. The summed E-state index contributed by atoms with van der Waals surface area (Å²) in [4.78, 5) is 26.6. The number of rotatable bonds is 8. The highest BCUT2D eigenvalue weighted by molar-refractivity contribution is 8.76. The minimum absolute atomic E-state index is 0.00264. The summed E-state index contributed by atoms with van der Waals surface area (Å²) in [6.45, 7) is 8.26. The zero-order valence-corrected chi connectivity index (χ0v) is 15.6. The number of ketones is 1. The van der Waals surface area contributed by atoms with Crippen molar-refractivity contribution in [3.63, 3.8) is 0 Å². The summed E-state index contributed by atoms with van der Waals surface area (Å²) in [5.41, 5.74) is 1.12. The van der Waals surface area contributed by atoms with Crippen molar-refractivity contribution < 1.29 is 9.59 Å². The SMILES string of the molecule is CC(C)C(=O)CSSc1ccccc1CN(C)C(=O)C(C)C. The fourth-order valence-corrected chi connectivity index (χ4v) is 4.21. The first-order chi connectivity index (χ1) is 10.3. The van der Waals surface area contributed by atoms with Crippen LogP contribution in [0.15, 0.2) is 29.2 Å². The van der Waals surface area contributed by atoms with Crippen LogP contribution in [0, 0.1) is 11.8 Å². The van der Waals surface area contributed by atoms with E-state index in [1.54, 1.807) is 26.5 Å². The molecule has 1 aromatic carbocycles. The first-order valence-corrected chi connectivity index (χ1v) is 9.79. The summed E-state index contributed by atoms with van der Waals surface area (Å²) in [5, 5.41) is 0. The van der Waals surface area contributed by atoms with E-state index in [2.05, 4.69) is 0 Å². The maximum Gasteiger partial charge on any atom is 0.225 e. The lowest BCUT2D eigenvalue weighted by Gasteiger charge is -2.20. The molecule has 0 N–H and O–H groups in total. The van der Waals surface area contributed by atoms with Gasteiger partial charge in [-0.05, 0) is 11.6 Å². The summed E-state index contributed by atoms with van der Waals surface area (Å²) in [7, 11) is 5.01. The standard InChI is InChI=1S/C17H25NO2S2/c1-12(2)15(19)11-21-22-16-9-7-6-8-14(16)10-18(5)17(20)13(3)4/h6-9,12-13H,10-11H2,1-5H3.